The summed E-state index contributed by atoms with van der Waals surface area (Å²) in [5.74, 6) is 2.77. The molecule has 2 saturated heterocycles. The van der Waals surface area contributed by atoms with Crippen molar-refractivity contribution >= 4 is 33.3 Å². The van der Waals surface area contributed by atoms with Crippen LogP contribution in [0.2, 0.25) is 0 Å². The number of aryl methyl sites for hydroxylation is 2. The normalized spacial score (nSPS) is 16.1. The van der Waals surface area contributed by atoms with Gasteiger partial charge in [0.15, 0.2) is 0 Å². The number of rotatable bonds is 6. The van der Waals surface area contributed by atoms with Crippen LogP contribution >= 0.6 is 15.9 Å². The van der Waals surface area contributed by atoms with E-state index in [1.54, 1.807) is 0 Å². The minimum absolute atomic E-state index is 0.0775. The van der Waals surface area contributed by atoms with E-state index in [1.165, 1.54) is 12.1 Å². The van der Waals surface area contributed by atoms with Gasteiger partial charge in [-0.05, 0) is 85.6 Å². The number of benzene rings is 2. The van der Waals surface area contributed by atoms with Crippen LogP contribution in [0.1, 0.15) is 47.9 Å². The van der Waals surface area contributed by atoms with Gasteiger partial charge in [0.2, 0.25) is 0 Å². The Morgan fingerprint density at radius 1 is 0.640 bits per heavy atom. The van der Waals surface area contributed by atoms with Crippen LogP contribution in [0.15, 0.2) is 77.5 Å². The molecule has 4 heterocycles. The Bertz CT molecular complexity index is 1580. The van der Waals surface area contributed by atoms with Crippen molar-refractivity contribution < 1.29 is 35.8 Å². The number of anilines is 3. The second-order valence-corrected chi connectivity index (χ2v) is 13.2. The lowest BCUT2D eigenvalue weighted by molar-refractivity contribution is -0.138. The summed E-state index contributed by atoms with van der Waals surface area (Å²) in [6.07, 6.45) is -3.58. The van der Waals surface area contributed by atoms with Gasteiger partial charge in [0.05, 0.1) is 11.1 Å². The van der Waals surface area contributed by atoms with E-state index in [9.17, 15) is 26.3 Å². The molecule has 2 aliphatic rings. The van der Waals surface area contributed by atoms with Crippen molar-refractivity contribution in [1.82, 2.24) is 9.97 Å². The summed E-state index contributed by atoms with van der Waals surface area (Å²) < 4.78 is 88.6. The molecule has 0 amide bonds. The third-order valence-electron chi connectivity index (χ3n) is 8.66. The molecule has 0 aliphatic carbocycles. The van der Waals surface area contributed by atoms with E-state index in [2.05, 4.69) is 25.9 Å². The van der Waals surface area contributed by atoms with Crippen LogP contribution < -0.4 is 25.0 Å². The number of nitrogen functional groups attached to an aromatic ring is 1. The molecule has 6 rings (SSSR count). The highest BCUT2D eigenvalue weighted by Crippen LogP contribution is 2.32. The van der Waals surface area contributed by atoms with Gasteiger partial charge in [-0.1, -0.05) is 15.9 Å². The maximum Gasteiger partial charge on any atom is 0.417 e. The number of nitrogens with two attached hydrogens (primary N) is 1. The van der Waals surface area contributed by atoms with Gasteiger partial charge in [-0.25, -0.2) is 9.97 Å². The third kappa shape index (κ3) is 9.95. The number of nitrogens with zero attached hydrogens (tertiary/aromatic N) is 4. The van der Waals surface area contributed by atoms with E-state index in [0.717, 1.165) is 83.0 Å². The summed E-state index contributed by atoms with van der Waals surface area (Å²) in [4.78, 5) is 11.9. The summed E-state index contributed by atoms with van der Waals surface area (Å²) in [6, 6.07) is 16.5. The minimum atomic E-state index is -4.36. The van der Waals surface area contributed by atoms with Crippen LogP contribution in [0.3, 0.4) is 0 Å². The van der Waals surface area contributed by atoms with Gasteiger partial charge in [0, 0.05) is 74.4 Å². The quantitative estimate of drug-likeness (QED) is 0.155. The zero-order chi connectivity index (χ0) is 36.1. The number of alkyl halides is 6. The highest BCUT2D eigenvalue weighted by molar-refractivity contribution is 9.10. The first-order valence-corrected chi connectivity index (χ1v) is 17.0. The van der Waals surface area contributed by atoms with Crippen LogP contribution in [0, 0.1) is 13.8 Å². The molecule has 7 nitrogen and oxygen atoms in total. The largest absolute Gasteiger partial charge is 0.490 e. The molecule has 50 heavy (non-hydrogen) atoms. The predicted octanol–water partition coefficient (Wildman–Crippen LogP) is 9.26. The molecule has 0 spiro atoms. The van der Waals surface area contributed by atoms with Crippen molar-refractivity contribution in [1.29, 1.82) is 0 Å². The van der Waals surface area contributed by atoms with E-state index >= 15 is 0 Å². The van der Waals surface area contributed by atoms with Crippen molar-refractivity contribution in [2.24, 2.45) is 0 Å². The summed E-state index contributed by atoms with van der Waals surface area (Å²) in [5.41, 5.74) is 7.17. The monoisotopic (exact) mass is 765 g/mol. The summed E-state index contributed by atoms with van der Waals surface area (Å²) in [7, 11) is 0. The molecular formula is C36H38BrF6N5O2. The lowest BCUT2D eigenvalue weighted by atomic mass is 10.1. The predicted molar refractivity (Wildman–Crippen MR) is 185 cm³/mol. The van der Waals surface area contributed by atoms with E-state index in [0.29, 0.717) is 37.8 Å². The number of pyridine rings is 2. The lowest BCUT2D eigenvalue weighted by Gasteiger charge is -2.33. The van der Waals surface area contributed by atoms with Gasteiger partial charge in [0.1, 0.15) is 35.3 Å². The van der Waals surface area contributed by atoms with Gasteiger partial charge in [-0.3, -0.25) is 0 Å². The molecule has 2 fully saturated rings. The molecule has 0 unspecified atom stereocenters. The molecule has 2 aromatic heterocycles. The fraction of sp³-hybridized carbons (Fsp3) is 0.389. The molecule has 0 radical (unpaired) electrons. The topological polar surface area (TPSA) is 76.7 Å². The first kappa shape index (κ1) is 37.1. The van der Waals surface area contributed by atoms with Gasteiger partial charge >= 0.3 is 12.4 Å². The Balaban J connectivity index is 0.000000194. The average Bonchev–Trinajstić information content (AvgIpc) is 3.08. The van der Waals surface area contributed by atoms with E-state index in [-0.39, 0.29) is 12.2 Å². The molecule has 0 saturated carbocycles. The fourth-order valence-corrected chi connectivity index (χ4v) is 5.93. The van der Waals surface area contributed by atoms with Gasteiger partial charge in [0.25, 0.3) is 0 Å². The number of ether oxygens (including phenoxy) is 2. The Morgan fingerprint density at radius 2 is 1.06 bits per heavy atom. The second-order valence-electron chi connectivity index (χ2n) is 12.3. The first-order chi connectivity index (χ1) is 23.7. The summed E-state index contributed by atoms with van der Waals surface area (Å²) >= 11 is 3.47. The third-order valence-corrected chi connectivity index (χ3v) is 9.55. The Labute approximate surface area is 295 Å². The summed E-state index contributed by atoms with van der Waals surface area (Å²) in [5, 5.41) is 0. The number of halogens is 7. The van der Waals surface area contributed by atoms with Crippen LogP contribution in [0.5, 0.6) is 11.5 Å². The van der Waals surface area contributed by atoms with Crippen LogP contribution in [0.4, 0.5) is 43.7 Å². The lowest BCUT2D eigenvalue weighted by Crippen LogP contribution is -2.38. The minimum Gasteiger partial charge on any atom is -0.490 e. The fourth-order valence-electron chi connectivity index (χ4n) is 5.68. The molecular weight excluding hydrogens is 728 g/mol. The molecule has 268 valence electrons. The van der Waals surface area contributed by atoms with Crippen molar-refractivity contribution in [2.75, 3.05) is 41.7 Å². The SMILES string of the molecule is Cc1cc(OC2CCN(c3ccc(C(F)(F)F)cn3)CC2)ccc1Br.Cc1cc(OC2CCN(c3ccc(C(F)(F)F)cn3)CC2)ccc1N. The van der Waals surface area contributed by atoms with Crippen LogP contribution in [-0.2, 0) is 12.4 Å². The van der Waals surface area contributed by atoms with Crippen LogP contribution in [-0.4, -0.2) is 48.4 Å². The zero-order valence-corrected chi connectivity index (χ0v) is 29.2. The molecule has 2 N–H and O–H groups in total. The highest BCUT2D eigenvalue weighted by Gasteiger charge is 2.32. The standard InChI is InChI=1S/C18H18BrF3N2O.C18H20F3N3O/c1-12-10-15(3-4-16(12)19)25-14-6-8-24(9-7-14)17-5-2-13(11-23-17)18(20,21)22;1-12-10-15(3-4-16(12)22)25-14-6-8-24(9-7-14)17-5-2-13(11-23-17)18(19,20)21/h2-5,10-11,14H,6-9H2,1H3;2-5,10-11,14H,6-9,22H2,1H3. The molecule has 4 aromatic rings. The smallest absolute Gasteiger partial charge is 0.417 e. The van der Waals surface area contributed by atoms with E-state index < -0.39 is 23.5 Å². The number of aromatic nitrogens is 2. The highest BCUT2D eigenvalue weighted by atomic mass is 79.9. The Hall–Kier alpha value is -4.20. The van der Waals surface area contributed by atoms with Crippen molar-refractivity contribution in [2.45, 2.75) is 64.1 Å². The molecule has 0 bridgehead atoms. The van der Waals surface area contributed by atoms with Gasteiger partial charge < -0.3 is 25.0 Å². The number of piperidine rings is 2. The van der Waals surface area contributed by atoms with E-state index in [4.69, 9.17) is 15.2 Å². The molecule has 2 aromatic carbocycles. The van der Waals surface area contributed by atoms with Gasteiger partial charge in [-0.2, -0.15) is 26.3 Å². The maximum absolute atomic E-state index is 12.6. The van der Waals surface area contributed by atoms with Crippen molar-refractivity contribution in [3.8, 4) is 11.5 Å². The number of hydrogen-bond acceptors (Lipinski definition) is 7. The maximum atomic E-state index is 12.6. The first-order valence-electron chi connectivity index (χ1n) is 16.2. The molecule has 2 aliphatic heterocycles. The number of hydrogen-bond donors (Lipinski definition) is 1. The molecule has 0 atom stereocenters. The molecule has 14 heteroatoms. The Kier molecular flexibility index (Phi) is 11.7. The summed E-state index contributed by atoms with van der Waals surface area (Å²) in [6.45, 7) is 6.74. The van der Waals surface area contributed by atoms with Gasteiger partial charge in [-0.15, -0.1) is 0 Å². The van der Waals surface area contributed by atoms with E-state index in [1.807, 2.05) is 60.0 Å². The van der Waals surface area contributed by atoms with Crippen molar-refractivity contribution in [3.63, 3.8) is 0 Å². The average molecular weight is 767 g/mol. The zero-order valence-electron chi connectivity index (χ0n) is 27.6. The second kappa shape index (κ2) is 15.8. The van der Waals surface area contributed by atoms with Crippen LogP contribution in [0.25, 0.3) is 0 Å². The Morgan fingerprint density at radius 3 is 1.42 bits per heavy atom. The van der Waals surface area contributed by atoms with Crippen molar-refractivity contribution in [3.05, 3.63) is 99.8 Å².